The Hall–Kier alpha value is -4.26. The number of nitrogens with zero attached hydrogens (tertiary/aromatic N) is 5. The Morgan fingerprint density at radius 1 is 1.00 bits per heavy atom. The van der Waals surface area contributed by atoms with Gasteiger partial charge in [-0.2, -0.15) is 17.6 Å². The van der Waals surface area contributed by atoms with E-state index >= 15 is 8.78 Å². The van der Waals surface area contributed by atoms with Gasteiger partial charge in [0.2, 0.25) is 0 Å². The molecule has 4 rings (SSSR count). The van der Waals surface area contributed by atoms with Gasteiger partial charge in [-0.15, -0.1) is 5.10 Å². The quantitative estimate of drug-likeness (QED) is 0.272. The highest BCUT2D eigenvalue weighted by atomic mass is 19.3. The number of hydrogen-bond donors (Lipinski definition) is 1. The van der Waals surface area contributed by atoms with Gasteiger partial charge >= 0.3 is 12.0 Å². The number of halogens is 6. The zero-order valence-corrected chi connectivity index (χ0v) is 18.0. The van der Waals surface area contributed by atoms with Crippen LogP contribution in [-0.4, -0.2) is 30.3 Å². The second kappa shape index (κ2) is 9.77. The van der Waals surface area contributed by atoms with E-state index in [2.05, 4.69) is 20.5 Å². The van der Waals surface area contributed by atoms with Crippen LogP contribution in [0, 0.1) is 11.6 Å². The Morgan fingerprint density at radius 2 is 1.72 bits per heavy atom. The largest absolute Gasteiger partial charge is 0.459 e. The van der Waals surface area contributed by atoms with Crippen LogP contribution in [0.1, 0.15) is 11.3 Å². The number of benzene rings is 2. The number of hydrogen-bond acceptors (Lipinski definition) is 6. The average Bonchev–Trinajstić information content (AvgIpc) is 3.35. The maximum Gasteiger partial charge on any atom is 0.323 e. The lowest BCUT2D eigenvalue weighted by Crippen LogP contribution is -2.48. The van der Waals surface area contributed by atoms with E-state index in [1.165, 1.54) is 30.3 Å². The summed E-state index contributed by atoms with van der Waals surface area (Å²) in [6, 6.07) is 9.81. The summed E-state index contributed by atoms with van der Waals surface area (Å²) in [6.45, 7) is -0.978. The first-order valence-corrected chi connectivity index (χ1v) is 10.1. The van der Waals surface area contributed by atoms with Crippen molar-refractivity contribution in [1.82, 2.24) is 25.2 Å². The smallest absolute Gasteiger partial charge is 0.323 e. The number of alkyl halides is 2. The van der Waals surface area contributed by atoms with Gasteiger partial charge < -0.3 is 9.84 Å². The van der Waals surface area contributed by atoms with Crippen LogP contribution in [0.15, 0.2) is 79.5 Å². The monoisotopic (exact) mass is 507 g/mol. The van der Waals surface area contributed by atoms with Gasteiger partial charge in [-0.05, 0) is 46.3 Å². The third-order valence-electron chi connectivity index (χ3n) is 5.24. The van der Waals surface area contributed by atoms with E-state index in [0.29, 0.717) is 23.3 Å². The Bertz CT molecular complexity index is 1360. The second-order valence-corrected chi connectivity index (χ2v) is 7.55. The van der Waals surface area contributed by atoms with Crippen LogP contribution in [-0.2, 0) is 18.1 Å². The highest BCUT2D eigenvalue weighted by Crippen LogP contribution is 2.46. The Kier molecular flexibility index (Phi) is 6.75. The molecule has 1 N–H and O–H groups in total. The van der Waals surface area contributed by atoms with Gasteiger partial charge in [-0.25, -0.2) is 13.5 Å². The molecule has 0 saturated carbocycles. The molecule has 4 aromatic rings. The van der Waals surface area contributed by atoms with E-state index in [9.17, 15) is 22.7 Å². The number of pyridine rings is 1. The van der Waals surface area contributed by atoms with E-state index in [1.807, 2.05) is 0 Å². The second-order valence-electron chi connectivity index (χ2n) is 7.55. The molecule has 0 unspecified atom stereocenters. The molecule has 0 fully saturated rings. The summed E-state index contributed by atoms with van der Waals surface area (Å²) in [5.41, 5.74) is -4.17. The molecule has 13 heteroatoms. The van der Waals surface area contributed by atoms with Crippen LogP contribution in [0.5, 0.6) is 5.75 Å². The fourth-order valence-electron chi connectivity index (χ4n) is 3.47. The van der Waals surface area contributed by atoms with Gasteiger partial charge in [-0.1, -0.05) is 18.2 Å². The summed E-state index contributed by atoms with van der Waals surface area (Å²) in [7, 11) is 0. The summed E-state index contributed by atoms with van der Waals surface area (Å²) in [5.74, 6) is -6.49. The van der Waals surface area contributed by atoms with Crippen molar-refractivity contribution in [2.24, 2.45) is 0 Å². The number of tetrazole rings is 1. The number of rotatable bonds is 8. The first-order valence-electron chi connectivity index (χ1n) is 10.1. The molecular weight excluding hydrogens is 492 g/mol. The van der Waals surface area contributed by atoms with Gasteiger partial charge in [-0.3, -0.25) is 4.98 Å². The molecule has 2 heterocycles. The molecule has 0 radical (unpaired) electrons. The van der Waals surface area contributed by atoms with E-state index in [-0.39, 0.29) is 12.0 Å². The fourth-order valence-corrected chi connectivity index (χ4v) is 3.47. The number of aromatic nitrogens is 5. The molecule has 186 valence electrons. The average molecular weight is 507 g/mol. The lowest BCUT2D eigenvalue weighted by Gasteiger charge is -2.35. The van der Waals surface area contributed by atoms with E-state index < -0.39 is 47.0 Å². The molecule has 36 heavy (non-hydrogen) atoms. The summed E-state index contributed by atoms with van der Waals surface area (Å²) in [4.78, 5) is 3.77. The minimum atomic E-state index is -4.20. The zero-order valence-electron chi connectivity index (χ0n) is 18.0. The lowest BCUT2D eigenvalue weighted by atomic mass is 9.84. The Morgan fingerprint density at radius 3 is 2.31 bits per heavy atom. The first kappa shape index (κ1) is 24.9. The molecule has 0 bridgehead atoms. The van der Waals surface area contributed by atoms with Crippen LogP contribution in [0.25, 0.3) is 11.1 Å². The van der Waals surface area contributed by atoms with Crippen molar-refractivity contribution in [2.75, 3.05) is 0 Å². The minimum absolute atomic E-state index is 0.122. The molecule has 7 nitrogen and oxygen atoms in total. The van der Waals surface area contributed by atoms with Gasteiger partial charge in [0, 0.05) is 23.4 Å². The topological polar surface area (TPSA) is 86.0 Å². The maximum atomic E-state index is 15.8. The van der Waals surface area contributed by atoms with Crippen LogP contribution < -0.4 is 4.74 Å². The van der Waals surface area contributed by atoms with Crippen molar-refractivity contribution in [3.8, 4) is 16.9 Å². The van der Waals surface area contributed by atoms with Crippen LogP contribution in [0.4, 0.5) is 26.3 Å². The summed E-state index contributed by atoms with van der Waals surface area (Å²) >= 11 is 0. The summed E-state index contributed by atoms with van der Waals surface area (Å²) < 4.78 is 89.3. The third kappa shape index (κ3) is 4.91. The standard InChI is InChI=1S/C23H15F6N5O2/c24-16-4-7-18(19(25)9-16)22(35,12-34-13-31-32-33-34)23(28,29)20-8-3-15(10-30-20)14-1-5-17(6-2-14)36-11-21(26)27/h1-11,13,35H,12H2/t22-/m0/s1. The summed E-state index contributed by atoms with van der Waals surface area (Å²) in [6.07, 6.45) is 0.303. The Balaban J connectivity index is 1.68. The molecule has 0 saturated heterocycles. The van der Waals surface area contributed by atoms with Gasteiger partial charge in [0.05, 0.1) is 6.54 Å². The van der Waals surface area contributed by atoms with Crippen LogP contribution in [0.3, 0.4) is 0 Å². The van der Waals surface area contributed by atoms with E-state index in [1.54, 1.807) is 0 Å². The molecular formula is C23H15F6N5O2. The van der Waals surface area contributed by atoms with Gasteiger partial charge in [0.15, 0.2) is 11.9 Å². The van der Waals surface area contributed by atoms with E-state index in [0.717, 1.165) is 29.3 Å². The normalized spacial score (nSPS) is 13.2. The number of ether oxygens (including phenoxy) is 1. The molecule has 0 aliphatic heterocycles. The highest BCUT2D eigenvalue weighted by Gasteiger charge is 2.58. The molecule has 0 spiro atoms. The lowest BCUT2D eigenvalue weighted by molar-refractivity contribution is -0.207. The summed E-state index contributed by atoms with van der Waals surface area (Å²) in [5, 5.41) is 21.3. The molecule has 0 aliphatic rings. The first-order chi connectivity index (χ1) is 17.1. The van der Waals surface area contributed by atoms with Crippen molar-refractivity contribution >= 4 is 0 Å². The van der Waals surface area contributed by atoms with Crippen molar-refractivity contribution in [2.45, 2.75) is 18.1 Å². The van der Waals surface area contributed by atoms with Gasteiger partial charge in [0.1, 0.15) is 29.4 Å². The van der Waals surface area contributed by atoms with Crippen molar-refractivity contribution in [3.63, 3.8) is 0 Å². The van der Waals surface area contributed by atoms with Crippen molar-refractivity contribution < 1.29 is 36.2 Å². The van der Waals surface area contributed by atoms with E-state index in [4.69, 9.17) is 4.74 Å². The molecule has 2 aromatic heterocycles. The van der Waals surface area contributed by atoms with Crippen LogP contribution >= 0.6 is 0 Å². The van der Waals surface area contributed by atoms with Crippen molar-refractivity contribution in [1.29, 1.82) is 0 Å². The predicted molar refractivity (Wildman–Crippen MR) is 113 cm³/mol. The molecule has 2 aromatic carbocycles. The maximum absolute atomic E-state index is 15.8. The molecule has 0 amide bonds. The number of aliphatic hydroxyl groups is 1. The minimum Gasteiger partial charge on any atom is -0.459 e. The molecule has 0 aliphatic carbocycles. The van der Waals surface area contributed by atoms with Crippen molar-refractivity contribution in [3.05, 3.63) is 102 Å². The zero-order chi connectivity index (χ0) is 25.9. The predicted octanol–water partition coefficient (Wildman–Crippen LogP) is 4.81. The Labute approximate surface area is 199 Å². The highest BCUT2D eigenvalue weighted by molar-refractivity contribution is 5.63. The molecule has 1 atom stereocenters. The van der Waals surface area contributed by atoms with Crippen LogP contribution in [0.2, 0.25) is 0 Å². The third-order valence-corrected chi connectivity index (χ3v) is 5.24. The fraction of sp³-hybridized carbons (Fsp3) is 0.130. The van der Waals surface area contributed by atoms with Gasteiger partial charge in [0.25, 0.3) is 0 Å². The SMILES string of the molecule is O[C@@](Cn1cnnn1)(c1ccc(F)cc1F)C(F)(F)c1ccc(-c2ccc(OC=C(F)F)cc2)cn1.